The first-order valence-electron chi connectivity index (χ1n) is 5.29. The SMILES string of the molecule is NC(=O)OCCNC(=O)c1ccc(F)c(C(F)(F)F)c1. The van der Waals surface area contributed by atoms with Crippen molar-refractivity contribution >= 4 is 12.0 Å². The van der Waals surface area contributed by atoms with Gasteiger partial charge in [-0.15, -0.1) is 0 Å². The fourth-order valence-electron chi connectivity index (χ4n) is 1.30. The van der Waals surface area contributed by atoms with Crippen LogP contribution in [-0.4, -0.2) is 25.2 Å². The lowest BCUT2D eigenvalue weighted by atomic mass is 10.1. The van der Waals surface area contributed by atoms with Gasteiger partial charge in [0.25, 0.3) is 5.91 Å². The second-order valence-electron chi connectivity index (χ2n) is 3.62. The van der Waals surface area contributed by atoms with Crippen molar-refractivity contribution in [3.8, 4) is 0 Å². The topological polar surface area (TPSA) is 81.4 Å². The predicted molar refractivity (Wildman–Crippen MR) is 59.3 cm³/mol. The zero-order chi connectivity index (χ0) is 15.3. The van der Waals surface area contributed by atoms with E-state index in [-0.39, 0.29) is 18.7 Å². The van der Waals surface area contributed by atoms with Crippen LogP contribution in [0.15, 0.2) is 18.2 Å². The lowest BCUT2D eigenvalue weighted by Crippen LogP contribution is -2.29. The van der Waals surface area contributed by atoms with Crippen LogP contribution in [0.3, 0.4) is 0 Å². The molecule has 1 rings (SSSR count). The van der Waals surface area contributed by atoms with Crippen molar-refractivity contribution in [2.24, 2.45) is 5.73 Å². The van der Waals surface area contributed by atoms with Gasteiger partial charge in [-0.05, 0) is 18.2 Å². The number of hydrogen-bond donors (Lipinski definition) is 2. The number of carbonyl (C=O) groups is 2. The number of ether oxygens (including phenoxy) is 1. The molecular weight excluding hydrogens is 284 g/mol. The standard InChI is InChI=1S/C11H10F4N2O3/c12-8-2-1-6(5-7(8)11(13,14)15)9(18)17-3-4-20-10(16)19/h1-2,5H,3-4H2,(H2,16,19)(H,17,18). The number of nitrogens with two attached hydrogens (primary N) is 1. The monoisotopic (exact) mass is 294 g/mol. The van der Waals surface area contributed by atoms with Crippen LogP contribution in [0, 0.1) is 5.82 Å². The fraction of sp³-hybridized carbons (Fsp3) is 0.273. The maximum Gasteiger partial charge on any atom is 0.419 e. The number of alkyl halides is 3. The molecule has 0 radical (unpaired) electrons. The first kappa shape index (κ1) is 15.7. The van der Waals surface area contributed by atoms with E-state index in [1.807, 2.05) is 0 Å². The van der Waals surface area contributed by atoms with Crippen molar-refractivity contribution in [3.63, 3.8) is 0 Å². The first-order valence-corrected chi connectivity index (χ1v) is 5.29. The number of carbonyl (C=O) groups excluding carboxylic acids is 2. The number of halogens is 4. The van der Waals surface area contributed by atoms with E-state index in [0.717, 1.165) is 6.07 Å². The molecule has 0 unspecified atom stereocenters. The summed E-state index contributed by atoms with van der Waals surface area (Å²) in [6, 6.07) is 1.87. The second kappa shape index (κ2) is 6.22. The van der Waals surface area contributed by atoms with Gasteiger partial charge in [-0.1, -0.05) is 0 Å². The molecule has 0 saturated carbocycles. The van der Waals surface area contributed by atoms with Gasteiger partial charge in [0.15, 0.2) is 0 Å². The molecule has 0 atom stereocenters. The number of amides is 2. The zero-order valence-corrected chi connectivity index (χ0v) is 9.96. The van der Waals surface area contributed by atoms with E-state index in [9.17, 15) is 27.2 Å². The van der Waals surface area contributed by atoms with Crippen molar-refractivity contribution in [1.29, 1.82) is 0 Å². The van der Waals surface area contributed by atoms with Gasteiger partial charge in [0, 0.05) is 5.56 Å². The van der Waals surface area contributed by atoms with E-state index in [0.29, 0.717) is 12.1 Å². The van der Waals surface area contributed by atoms with Crippen LogP contribution in [0.4, 0.5) is 22.4 Å². The van der Waals surface area contributed by atoms with E-state index < -0.39 is 29.6 Å². The molecule has 110 valence electrons. The molecule has 1 aromatic rings. The Hall–Kier alpha value is -2.32. The summed E-state index contributed by atoms with van der Waals surface area (Å²) in [5.41, 5.74) is 2.77. The number of benzene rings is 1. The summed E-state index contributed by atoms with van der Waals surface area (Å²) in [6.07, 6.45) is -5.93. The zero-order valence-electron chi connectivity index (χ0n) is 9.96. The summed E-state index contributed by atoms with van der Waals surface area (Å²) in [6.45, 7) is -0.366. The van der Waals surface area contributed by atoms with Gasteiger partial charge in [-0.25, -0.2) is 9.18 Å². The minimum Gasteiger partial charge on any atom is -0.448 e. The Balaban J connectivity index is 2.72. The Morgan fingerprint density at radius 1 is 1.30 bits per heavy atom. The summed E-state index contributed by atoms with van der Waals surface area (Å²) < 4.78 is 54.6. The summed E-state index contributed by atoms with van der Waals surface area (Å²) >= 11 is 0. The molecule has 1 aromatic carbocycles. The number of hydrogen-bond acceptors (Lipinski definition) is 3. The minimum absolute atomic E-state index is 0.138. The molecule has 3 N–H and O–H groups in total. The molecule has 0 aliphatic rings. The van der Waals surface area contributed by atoms with Crippen LogP contribution >= 0.6 is 0 Å². The molecule has 0 saturated heterocycles. The van der Waals surface area contributed by atoms with Crippen LogP contribution in [0.1, 0.15) is 15.9 Å². The molecule has 0 aliphatic carbocycles. The smallest absolute Gasteiger partial charge is 0.419 e. The molecule has 5 nitrogen and oxygen atoms in total. The van der Waals surface area contributed by atoms with Crippen molar-refractivity contribution in [2.75, 3.05) is 13.2 Å². The van der Waals surface area contributed by atoms with Crippen molar-refractivity contribution < 1.29 is 31.9 Å². The summed E-state index contributed by atoms with van der Waals surface area (Å²) in [4.78, 5) is 21.7. The van der Waals surface area contributed by atoms with Gasteiger partial charge in [-0.2, -0.15) is 13.2 Å². The van der Waals surface area contributed by atoms with E-state index in [1.165, 1.54) is 0 Å². The van der Waals surface area contributed by atoms with Crippen LogP contribution in [0.5, 0.6) is 0 Å². The Kier molecular flexibility index (Phi) is 4.89. The lowest BCUT2D eigenvalue weighted by molar-refractivity contribution is -0.140. The third kappa shape index (κ3) is 4.41. The normalized spacial score (nSPS) is 11.0. The Morgan fingerprint density at radius 3 is 2.50 bits per heavy atom. The molecule has 0 aromatic heterocycles. The van der Waals surface area contributed by atoms with Crippen LogP contribution < -0.4 is 11.1 Å². The number of nitrogens with one attached hydrogen (secondary N) is 1. The second-order valence-corrected chi connectivity index (χ2v) is 3.62. The van der Waals surface area contributed by atoms with Gasteiger partial charge < -0.3 is 15.8 Å². The maximum absolute atomic E-state index is 13.0. The molecule has 9 heteroatoms. The van der Waals surface area contributed by atoms with E-state index in [2.05, 4.69) is 15.8 Å². The average molecular weight is 294 g/mol. The average Bonchev–Trinajstić information content (AvgIpc) is 2.33. The van der Waals surface area contributed by atoms with Gasteiger partial charge in [0.1, 0.15) is 12.4 Å². The molecule has 0 spiro atoms. The fourth-order valence-corrected chi connectivity index (χ4v) is 1.30. The molecule has 0 fully saturated rings. The molecule has 0 aliphatic heterocycles. The Morgan fingerprint density at radius 2 is 1.95 bits per heavy atom. The van der Waals surface area contributed by atoms with Crippen LogP contribution in [-0.2, 0) is 10.9 Å². The third-order valence-electron chi connectivity index (χ3n) is 2.17. The van der Waals surface area contributed by atoms with Crippen LogP contribution in [0.25, 0.3) is 0 Å². The Bertz CT molecular complexity index is 517. The summed E-state index contributed by atoms with van der Waals surface area (Å²) in [7, 11) is 0. The molecule has 20 heavy (non-hydrogen) atoms. The lowest BCUT2D eigenvalue weighted by Gasteiger charge is -2.10. The highest BCUT2D eigenvalue weighted by molar-refractivity contribution is 5.94. The van der Waals surface area contributed by atoms with Gasteiger partial charge >= 0.3 is 12.3 Å². The van der Waals surface area contributed by atoms with Crippen molar-refractivity contribution in [1.82, 2.24) is 5.32 Å². The molecular formula is C11H10F4N2O3. The van der Waals surface area contributed by atoms with Crippen molar-refractivity contribution in [3.05, 3.63) is 35.1 Å². The summed E-state index contributed by atoms with van der Waals surface area (Å²) in [5.74, 6) is -2.32. The van der Waals surface area contributed by atoms with Gasteiger partial charge in [-0.3, -0.25) is 4.79 Å². The van der Waals surface area contributed by atoms with E-state index in [4.69, 9.17) is 0 Å². The Labute approximate surface area is 110 Å². The molecule has 2 amide bonds. The van der Waals surface area contributed by atoms with E-state index >= 15 is 0 Å². The van der Waals surface area contributed by atoms with Crippen LogP contribution in [0.2, 0.25) is 0 Å². The highest BCUT2D eigenvalue weighted by Gasteiger charge is 2.34. The van der Waals surface area contributed by atoms with Gasteiger partial charge in [0.2, 0.25) is 0 Å². The maximum atomic E-state index is 13.0. The highest BCUT2D eigenvalue weighted by Crippen LogP contribution is 2.31. The first-order chi connectivity index (χ1) is 9.21. The predicted octanol–water partition coefficient (Wildman–Crippen LogP) is 1.67. The molecule has 0 heterocycles. The minimum atomic E-state index is -4.89. The molecule has 0 bridgehead atoms. The van der Waals surface area contributed by atoms with Gasteiger partial charge in [0.05, 0.1) is 12.1 Å². The van der Waals surface area contributed by atoms with Crippen molar-refractivity contribution in [2.45, 2.75) is 6.18 Å². The number of rotatable bonds is 4. The largest absolute Gasteiger partial charge is 0.448 e. The quantitative estimate of drug-likeness (QED) is 0.654. The third-order valence-corrected chi connectivity index (χ3v) is 2.17. The summed E-state index contributed by atoms with van der Waals surface area (Å²) in [5, 5.41) is 2.19. The number of primary amides is 1. The highest BCUT2D eigenvalue weighted by atomic mass is 19.4. The van der Waals surface area contributed by atoms with E-state index in [1.54, 1.807) is 0 Å².